The first kappa shape index (κ1) is 12.6. The predicted octanol–water partition coefficient (Wildman–Crippen LogP) is 0.506. The second kappa shape index (κ2) is 5.06. The summed E-state index contributed by atoms with van der Waals surface area (Å²) in [4.78, 5) is 14.9. The fraction of sp³-hybridized carbons (Fsp3) is 0.625. The molecule has 8 heteroatoms. The van der Waals surface area contributed by atoms with Gasteiger partial charge in [0.2, 0.25) is 0 Å². The van der Waals surface area contributed by atoms with E-state index in [-0.39, 0.29) is 6.42 Å². The van der Waals surface area contributed by atoms with E-state index in [1.54, 1.807) is 7.05 Å². The Labute approximate surface area is 89.2 Å². The average molecular weight is 237 g/mol. The summed E-state index contributed by atoms with van der Waals surface area (Å²) in [6.07, 6.45) is -3.24. The summed E-state index contributed by atoms with van der Waals surface area (Å²) in [5.41, 5.74) is 0. The Morgan fingerprint density at radius 2 is 2.25 bits per heavy atom. The normalized spacial score (nSPS) is 11.8. The monoisotopic (exact) mass is 237 g/mol. The molecule has 0 aromatic carbocycles. The number of ether oxygens (including phenoxy) is 1. The van der Waals surface area contributed by atoms with Crippen LogP contribution < -0.4 is 0 Å². The molecule has 0 atom stereocenters. The molecule has 0 aliphatic carbocycles. The topological polar surface area (TPSA) is 57.0 Å². The Morgan fingerprint density at radius 3 is 2.75 bits per heavy atom. The number of aryl methyl sites for hydroxylation is 1. The second-order valence-electron chi connectivity index (χ2n) is 3.12. The van der Waals surface area contributed by atoms with Crippen molar-refractivity contribution >= 4 is 5.78 Å². The van der Waals surface area contributed by atoms with E-state index in [0.717, 1.165) is 0 Å². The smallest absolute Gasteiger partial charge is 0.364 e. The van der Waals surface area contributed by atoms with Crippen molar-refractivity contribution in [3.05, 3.63) is 12.2 Å². The number of alkyl halides is 3. The van der Waals surface area contributed by atoms with Gasteiger partial charge in [0.15, 0.2) is 5.78 Å². The fourth-order valence-electron chi connectivity index (χ4n) is 0.988. The van der Waals surface area contributed by atoms with E-state index in [4.69, 9.17) is 0 Å². The minimum absolute atomic E-state index is 0.0889. The number of rotatable bonds is 5. The summed E-state index contributed by atoms with van der Waals surface area (Å²) in [5.74, 6) is -0.0824. The molecule has 1 aromatic heterocycles. The Balaban J connectivity index is 2.30. The summed E-state index contributed by atoms with van der Waals surface area (Å²) < 4.78 is 40.6. The van der Waals surface area contributed by atoms with Crippen molar-refractivity contribution in [2.75, 3.05) is 13.2 Å². The van der Waals surface area contributed by atoms with E-state index in [2.05, 4.69) is 14.8 Å². The lowest BCUT2D eigenvalue weighted by atomic mass is 10.3. The number of hydrogen-bond acceptors (Lipinski definition) is 4. The Kier molecular flexibility index (Phi) is 3.99. The van der Waals surface area contributed by atoms with Crippen LogP contribution in [0, 0.1) is 0 Å². The van der Waals surface area contributed by atoms with E-state index in [9.17, 15) is 18.0 Å². The first-order chi connectivity index (χ1) is 7.38. The van der Waals surface area contributed by atoms with Crippen LogP contribution in [0.2, 0.25) is 0 Å². The fourth-order valence-corrected chi connectivity index (χ4v) is 0.988. The second-order valence-corrected chi connectivity index (χ2v) is 3.12. The van der Waals surface area contributed by atoms with Gasteiger partial charge in [-0.25, -0.2) is 4.98 Å². The Bertz CT molecular complexity index is 362. The van der Waals surface area contributed by atoms with Gasteiger partial charge in [-0.2, -0.15) is 18.3 Å². The molecule has 0 saturated carbocycles. The summed E-state index contributed by atoms with van der Waals surface area (Å²) in [5, 5.41) is 3.72. The van der Waals surface area contributed by atoms with E-state index in [0.29, 0.717) is 5.82 Å². The molecule has 1 aromatic rings. The van der Waals surface area contributed by atoms with Gasteiger partial charge in [-0.1, -0.05) is 0 Å². The van der Waals surface area contributed by atoms with Gasteiger partial charge in [0.1, 0.15) is 25.4 Å². The summed E-state index contributed by atoms with van der Waals surface area (Å²) in [6.45, 7) is -2.00. The van der Waals surface area contributed by atoms with Crippen LogP contribution in [0.15, 0.2) is 6.33 Å². The highest BCUT2D eigenvalue weighted by atomic mass is 19.4. The molecule has 0 aliphatic heterocycles. The number of carbonyl (C=O) groups excluding carboxylic acids is 1. The molecular weight excluding hydrogens is 227 g/mol. The van der Waals surface area contributed by atoms with Gasteiger partial charge in [-0.3, -0.25) is 9.48 Å². The predicted molar refractivity (Wildman–Crippen MR) is 46.6 cm³/mol. The van der Waals surface area contributed by atoms with Gasteiger partial charge in [-0.05, 0) is 0 Å². The molecule has 0 fully saturated rings. The SMILES string of the molecule is Cn1ncnc1CC(=O)COCC(F)(F)F. The lowest BCUT2D eigenvalue weighted by Crippen LogP contribution is -2.21. The van der Waals surface area contributed by atoms with Gasteiger partial charge < -0.3 is 4.74 Å². The molecule has 0 N–H and O–H groups in total. The molecule has 0 amide bonds. The van der Waals surface area contributed by atoms with Crippen LogP contribution in [0.25, 0.3) is 0 Å². The van der Waals surface area contributed by atoms with Gasteiger partial charge in [0.25, 0.3) is 0 Å². The number of aromatic nitrogens is 3. The van der Waals surface area contributed by atoms with E-state index in [1.807, 2.05) is 0 Å². The molecule has 90 valence electrons. The van der Waals surface area contributed by atoms with Crippen LogP contribution in [0.4, 0.5) is 13.2 Å². The first-order valence-corrected chi connectivity index (χ1v) is 4.37. The van der Waals surface area contributed by atoms with Crippen molar-refractivity contribution in [1.29, 1.82) is 0 Å². The number of hydrogen-bond donors (Lipinski definition) is 0. The van der Waals surface area contributed by atoms with Crippen LogP contribution >= 0.6 is 0 Å². The van der Waals surface area contributed by atoms with Crippen LogP contribution in [0.3, 0.4) is 0 Å². The maximum absolute atomic E-state index is 11.7. The van der Waals surface area contributed by atoms with E-state index < -0.39 is 25.2 Å². The van der Waals surface area contributed by atoms with Crippen LogP contribution in [-0.4, -0.2) is 39.9 Å². The maximum atomic E-state index is 11.7. The maximum Gasteiger partial charge on any atom is 0.411 e. The summed E-state index contributed by atoms with van der Waals surface area (Å²) in [7, 11) is 1.59. The lowest BCUT2D eigenvalue weighted by Gasteiger charge is -2.06. The van der Waals surface area contributed by atoms with Gasteiger partial charge >= 0.3 is 6.18 Å². The van der Waals surface area contributed by atoms with Crippen molar-refractivity contribution in [3.8, 4) is 0 Å². The molecule has 0 spiro atoms. The van der Waals surface area contributed by atoms with Crippen molar-refractivity contribution in [1.82, 2.24) is 14.8 Å². The number of Topliss-reactive ketones (excluding diaryl/α,β-unsaturated/α-hetero) is 1. The zero-order valence-electron chi connectivity index (χ0n) is 8.49. The van der Waals surface area contributed by atoms with Crippen molar-refractivity contribution in [2.24, 2.45) is 7.05 Å². The van der Waals surface area contributed by atoms with Crippen molar-refractivity contribution < 1.29 is 22.7 Å². The van der Waals surface area contributed by atoms with Gasteiger partial charge in [0.05, 0.1) is 6.42 Å². The third kappa shape index (κ3) is 4.39. The molecule has 16 heavy (non-hydrogen) atoms. The molecule has 0 saturated heterocycles. The first-order valence-electron chi connectivity index (χ1n) is 4.37. The molecule has 0 aliphatic rings. The molecule has 5 nitrogen and oxygen atoms in total. The van der Waals surface area contributed by atoms with Crippen LogP contribution in [-0.2, 0) is 23.0 Å². The largest absolute Gasteiger partial charge is 0.411 e. The molecule has 1 heterocycles. The summed E-state index contributed by atoms with van der Waals surface area (Å²) >= 11 is 0. The number of halogens is 3. The van der Waals surface area contributed by atoms with Gasteiger partial charge in [-0.15, -0.1) is 0 Å². The van der Waals surface area contributed by atoms with Crippen molar-refractivity contribution in [2.45, 2.75) is 12.6 Å². The Hall–Kier alpha value is -1.44. The number of nitrogens with zero attached hydrogens (tertiary/aromatic N) is 3. The van der Waals surface area contributed by atoms with Crippen LogP contribution in [0.5, 0.6) is 0 Å². The van der Waals surface area contributed by atoms with Gasteiger partial charge in [0, 0.05) is 7.05 Å². The highest BCUT2D eigenvalue weighted by molar-refractivity contribution is 5.81. The molecule has 0 unspecified atom stereocenters. The highest BCUT2D eigenvalue weighted by Crippen LogP contribution is 2.14. The molecule has 0 bridgehead atoms. The molecule has 0 radical (unpaired) electrons. The minimum atomic E-state index is -4.41. The third-order valence-corrected chi connectivity index (χ3v) is 1.69. The zero-order chi connectivity index (χ0) is 12.2. The molecule has 1 rings (SSSR count). The minimum Gasteiger partial charge on any atom is -0.364 e. The van der Waals surface area contributed by atoms with Crippen LogP contribution in [0.1, 0.15) is 5.82 Å². The molecular formula is C8H10F3N3O2. The van der Waals surface area contributed by atoms with E-state index in [1.165, 1.54) is 11.0 Å². The van der Waals surface area contributed by atoms with E-state index >= 15 is 0 Å². The van der Waals surface area contributed by atoms with Crippen molar-refractivity contribution in [3.63, 3.8) is 0 Å². The summed E-state index contributed by atoms with van der Waals surface area (Å²) in [6, 6.07) is 0. The highest BCUT2D eigenvalue weighted by Gasteiger charge is 2.27. The standard InChI is InChI=1S/C8H10F3N3O2/c1-14-7(12-5-13-14)2-6(15)3-16-4-8(9,10)11/h5H,2-4H2,1H3. The average Bonchev–Trinajstić information content (AvgIpc) is 2.49. The zero-order valence-corrected chi connectivity index (χ0v) is 8.49. The quantitative estimate of drug-likeness (QED) is 0.748. The number of ketones is 1. The lowest BCUT2D eigenvalue weighted by molar-refractivity contribution is -0.175. The number of carbonyl (C=O) groups is 1. The Morgan fingerprint density at radius 1 is 1.56 bits per heavy atom. The third-order valence-electron chi connectivity index (χ3n) is 1.69.